The van der Waals surface area contributed by atoms with Gasteiger partial charge in [0.1, 0.15) is 0 Å². The van der Waals surface area contributed by atoms with Gasteiger partial charge in [-0.15, -0.1) is 0 Å². The molecule has 0 radical (unpaired) electrons. The maximum Gasteiger partial charge on any atom is 0.274 e. The number of nitrogens with one attached hydrogen (secondary N) is 1. The number of fused-ring (bicyclic) bond motifs is 1. The van der Waals surface area contributed by atoms with Crippen molar-refractivity contribution in [2.75, 3.05) is 6.61 Å². The van der Waals surface area contributed by atoms with Crippen molar-refractivity contribution < 1.29 is 9.53 Å². The van der Waals surface area contributed by atoms with Crippen LogP contribution in [0.4, 0.5) is 0 Å². The molecule has 1 aromatic heterocycles. The Morgan fingerprint density at radius 1 is 1.24 bits per heavy atom. The summed E-state index contributed by atoms with van der Waals surface area (Å²) in [5, 5.41) is 8.88. The number of amides is 1. The van der Waals surface area contributed by atoms with E-state index in [9.17, 15) is 9.59 Å². The number of carbonyl (C=O) groups is 1. The van der Waals surface area contributed by atoms with Gasteiger partial charge in [0.15, 0.2) is 5.69 Å². The average molecular weight is 398 g/mol. The Kier molecular flexibility index (Phi) is 5.47. The van der Waals surface area contributed by atoms with E-state index in [-0.39, 0.29) is 35.1 Å². The van der Waals surface area contributed by atoms with Gasteiger partial charge in [-0.1, -0.05) is 37.5 Å². The molecule has 156 valence electrons. The van der Waals surface area contributed by atoms with Crippen LogP contribution in [0.5, 0.6) is 0 Å². The molecular formula is C23H31N3O3. The zero-order valence-corrected chi connectivity index (χ0v) is 17.6. The Morgan fingerprint density at radius 2 is 1.93 bits per heavy atom. The van der Waals surface area contributed by atoms with E-state index in [2.05, 4.69) is 10.4 Å². The number of hydrogen-bond acceptors (Lipinski definition) is 4. The molecule has 1 aromatic carbocycles. The van der Waals surface area contributed by atoms with Crippen molar-refractivity contribution in [3.63, 3.8) is 0 Å². The van der Waals surface area contributed by atoms with Crippen molar-refractivity contribution in [3.05, 3.63) is 40.3 Å². The normalized spacial score (nSPS) is 23.3. The molecule has 29 heavy (non-hydrogen) atoms. The quantitative estimate of drug-likeness (QED) is 0.832. The molecule has 2 aliphatic carbocycles. The molecule has 2 aliphatic rings. The van der Waals surface area contributed by atoms with E-state index in [4.69, 9.17) is 4.74 Å². The SMILES string of the molecule is CCO[C@@H]1C[C@H](NC(=O)c2nn(C(C)C)c(=O)c3ccccc23)C12CCCCC2. The van der Waals surface area contributed by atoms with Gasteiger partial charge in [-0.25, -0.2) is 4.68 Å². The molecule has 2 aromatic rings. The van der Waals surface area contributed by atoms with Crippen LogP contribution >= 0.6 is 0 Å². The Morgan fingerprint density at radius 3 is 2.59 bits per heavy atom. The molecule has 0 saturated heterocycles. The fourth-order valence-electron chi connectivity index (χ4n) is 5.22. The third kappa shape index (κ3) is 3.37. The van der Waals surface area contributed by atoms with Gasteiger partial charge >= 0.3 is 0 Å². The summed E-state index contributed by atoms with van der Waals surface area (Å²) in [7, 11) is 0. The molecule has 2 atom stereocenters. The highest BCUT2D eigenvalue weighted by atomic mass is 16.5. The van der Waals surface area contributed by atoms with E-state index in [1.165, 1.54) is 23.9 Å². The summed E-state index contributed by atoms with van der Waals surface area (Å²) < 4.78 is 7.43. The zero-order chi connectivity index (χ0) is 20.6. The van der Waals surface area contributed by atoms with Crippen molar-refractivity contribution in [2.24, 2.45) is 5.41 Å². The van der Waals surface area contributed by atoms with E-state index in [1.54, 1.807) is 6.07 Å². The molecule has 1 heterocycles. The van der Waals surface area contributed by atoms with Crippen LogP contribution in [0, 0.1) is 5.41 Å². The van der Waals surface area contributed by atoms with Crippen LogP contribution in [0.15, 0.2) is 29.1 Å². The maximum atomic E-state index is 13.3. The van der Waals surface area contributed by atoms with Crippen LogP contribution in [0.1, 0.15) is 75.8 Å². The lowest BCUT2D eigenvalue weighted by atomic mass is 9.55. The molecular weight excluding hydrogens is 366 g/mol. The van der Waals surface area contributed by atoms with E-state index in [1.807, 2.05) is 39.0 Å². The Balaban J connectivity index is 1.66. The van der Waals surface area contributed by atoms with Crippen LogP contribution in [-0.2, 0) is 4.74 Å². The zero-order valence-electron chi connectivity index (χ0n) is 17.6. The first-order valence-corrected chi connectivity index (χ1v) is 10.9. The predicted molar refractivity (Wildman–Crippen MR) is 113 cm³/mol. The maximum absolute atomic E-state index is 13.3. The number of benzene rings is 1. The third-order valence-corrected chi connectivity index (χ3v) is 6.78. The first-order chi connectivity index (χ1) is 14.0. The summed E-state index contributed by atoms with van der Waals surface area (Å²) in [5.41, 5.74) is 0.224. The Labute approximate surface area is 171 Å². The van der Waals surface area contributed by atoms with Crippen molar-refractivity contribution in [3.8, 4) is 0 Å². The number of nitrogens with zero attached hydrogens (tertiary/aromatic N) is 2. The minimum atomic E-state index is -0.194. The summed E-state index contributed by atoms with van der Waals surface area (Å²) in [5.74, 6) is -0.194. The monoisotopic (exact) mass is 397 g/mol. The van der Waals surface area contributed by atoms with Crippen molar-refractivity contribution in [2.45, 2.75) is 77.5 Å². The van der Waals surface area contributed by atoms with Crippen LogP contribution in [-0.4, -0.2) is 34.4 Å². The number of hydrogen-bond donors (Lipinski definition) is 1. The summed E-state index contributed by atoms with van der Waals surface area (Å²) in [6.07, 6.45) is 6.91. The second-order valence-electron chi connectivity index (χ2n) is 8.74. The number of rotatable bonds is 5. The van der Waals surface area contributed by atoms with Gasteiger partial charge in [0.25, 0.3) is 11.5 Å². The minimum Gasteiger partial charge on any atom is -0.378 e. The van der Waals surface area contributed by atoms with Crippen molar-refractivity contribution in [1.82, 2.24) is 15.1 Å². The lowest BCUT2D eigenvalue weighted by Gasteiger charge is -2.57. The summed E-state index contributed by atoms with van der Waals surface area (Å²) in [6, 6.07) is 7.24. The highest BCUT2D eigenvalue weighted by Crippen LogP contribution is 2.53. The fraction of sp³-hybridized carbons (Fsp3) is 0.609. The molecule has 0 bridgehead atoms. The lowest BCUT2D eigenvalue weighted by molar-refractivity contribution is -0.146. The standard InChI is InChI=1S/C23H31N3O3/c1-4-29-19-14-18(23(19)12-8-5-9-13-23)24-21(27)20-16-10-6-7-11-17(16)22(28)26(25-20)15(2)3/h6-7,10-11,15,18-19H,4-5,8-9,12-14H2,1-3H3,(H,24,27)/t18-,19+/m0/s1. The van der Waals surface area contributed by atoms with Gasteiger partial charge in [0, 0.05) is 23.4 Å². The number of aromatic nitrogens is 2. The second kappa shape index (κ2) is 7.90. The van der Waals surface area contributed by atoms with Gasteiger partial charge in [0.05, 0.1) is 17.5 Å². The van der Waals surface area contributed by atoms with Crippen molar-refractivity contribution in [1.29, 1.82) is 0 Å². The van der Waals surface area contributed by atoms with Gasteiger partial charge in [-0.05, 0) is 46.1 Å². The molecule has 6 nitrogen and oxygen atoms in total. The van der Waals surface area contributed by atoms with E-state index < -0.39 is 0 Å². The van der Waals surface area contributed by atoms with Gasteiger partial charge in [-0.2, -0.15) is 5.10 Å². The van der Waals surface area contributed by atoms with Crippen LogP contribution < -0.4 is 10.9 Å². The average Bonchev–Trinajstić information content (AvgIpc) is 2.73. The lowest BCUT2D eigenvalue weighted by Crippen LogP contribution is -2.65. The molecule has 6 heteroatoms. The van der Waals surface area contributed by atoms with Crippen LogP contribution in [0.25, 0.3) is 10.8 Å². The van der Waals surface area contributed by atoms with Gasteiger partial charge in [0.2, 0.25) is 0 Å². The molecule has 2 saturated carbocycles. The third-order valence-electron chi connectivity index (χ3n) is 6.78. The van der Waals surface area contributed by atoms with Gasteiger partial charge < -0.3 is 10.1 Å². The predicted octanol–water partition coefficient (Wildman–Crippen LogP) is 3.84. The Hall–Kier alpha value is -2.21. The minimum absolute atomic E-state index is 0.0478. The van der Waals surface area contributed by atoms with E-state index in [0.29, 0.717) is 23.1 Å². The largest absolute Gasteiger partial charge is 0.378 e. The molecule has 0 aliphatic heterocycles. The van der Waals surface area contributed by atoms with Gasteiger partial charge in [-0.3, -0.25) is 9.59 Å². The van der Waals surface area contributed by atoms with Crippen LogP contribution in [0.2, 0.25) is 0 Å². The summed E-state index contributed by atoms with van der Waals surface area (Å²) >= 11 is 0. The number of carbonyl (C=O) groups excluding carboxylic acids is 1. The van der Waals surface area contributed by atoms with Crippen molar-refractivity contribution >= 4 is 16.7 Å². The molecule has 4 rings (SSSR count). The fourth-order valence-corrected chi connectivity index (χ4v) is 5.22. The molecule has 0 unspecified atom stereocenters. The van der Waals surface area contributed by atoms with E-state index >= 15 is 0 Å². The first kappa shape index (κ1) is 20.1. The molecule has 1 N–H and O–H groups in total. The topological polar surface area (TPSA) is 73.2 Å². The molecule has 1 amide bonds. The highest BCUT2D eigenvalue weighted by molar-refractivity contribution is 6.05. The summed E-state index contributed by atoms with van der Waals surface area (Å²) in [4.78, 5) is 26.1. The smallest absolute Gasteiger partial charge is 0.274 e. The molecule has 1 spiro atoms. The second-order valence-corrected chi connectivity index (χ2v) is 8.74. The highest BCUT2D eigenvalue weighted by Gasteiger charge is 2.56. The molecule has 2 fully saturated rings. The number of ether oxygens (including phenoxy) is 1. The Bertz CT molecular complexity index is 959. The first-order valence-electron chi connectivity index (χ1n) is 10.9. The van der Waals surface area contributed by atoms with E-state index in [0.717, 1.165) is 19.3 Å². The van der Waals surface area contributed by atoms with Crippen LogP contribution in [0.3, 0.4) is 0 Å². The summed E-state index contributed by atoms with van der Waals surface area (Å²) in [6.45, 7) is 6.55.